The molecule has 0 unspecified atom stereocenters. The Balaban J connectivity index is 0.00000312. The van der Waals surface area contributed by atoms with Crippen LogP contribution in [0.1, 0.15) is 38.8 Å². The molecule has 2 aromatic carbocycles. The first-order valence-corrected chi connectivity index (χ1v) is 8.64. The van der Waals surface area contributed by atoms with Gasteiger partial charge in [-0.3, -0.25) is 0 Å². The fourth-order valence-electron chi connectivity index (χ4n) is 2.26. The summed E-state index contributed by atoms with van der Waals surface area (Å²) in [5.74, 6) is 1.54. The van der Waals surface area contributed by atoms with E-state index < -0.39 is 0 Å². The molecule has 0 aromatic heterocycles. The number of hydrogen-bond acceptors (Lipinski definition) is 3. The van der Waals surface area contributed by atoms with E-state index in [2.05, 4.69) is 32.2 Å². The summed E-state index contributed by atoms with van der Waals surface area (Å²) in [4.78, 5) is 0. The van der Waals surface area contributed by atoms with Crippen molar-refractivity contribution in [2.75, 3.05) is 6.61 Å². The number of benzene rings is 2. The van der Waals surface area contributed by atoms with Crippen molar-refractivity contribution in [1.29, 1.82) is 0 Å². The quantitative estimate of drug-likeness (QED) is 0.671. The first kappa shape index (κ1) is 21.6. The summed E-state index contributed by atoms with van der Waals surface area (Å²) in [7, 11) is 0. The SMILES string of the molecule is CCOc1cccc(CNC(C)(C)C)c1OCc1ccccc1Cl.Cl. The molecule has 3 nitrogen and oxygen atoms in total. The second kappa shape index (κ2) is 9.91. The lowest BCUT2D eigenvalue weighted by molar-refractivity contribution is 0.265. The fourth-order valence-corrected chi connectivity index (χ4v) is 2.45. The van der Waals surface area contributed by atoms with Crippen molar-refractivity contribution >= 4 is 24.0 Å². The summed E-state index contributed by atoms with van der Waals surface area (Å²) in [5.41, 5.74) is 2.06. The molecule has 0 fully saturated rings. The van der Waals surface area contributed by atoms with Crippen LogP contribution in [0.4, 0.5) is 0 Å². The second-order valence-electron chi connectivity index (χ2n) is 6.66. The van der Waals surface area contributed by atoms with E-state index in [-0.39, 0.29) is 17.9 Å². The van der Waals surface area contributed by atoms with Gasteiger partial charge in [-0.05, 0) is 39.8 Å². The Morgan fingerprint density at radius 3 is 2.28 bits per heavy atom. The number of ether oxygens (including phenoxy) is 2. The molecule has 0 heterocycles. The molecule has 0 radical (unpaired) electrons. The molecule has 0 atom stereocenters. The minimum Gasteiger partial charge on any atom is -0.490 e. The van der Waals surface area contributed by atoms with Crippen molar-refractivity contribution in [2.24, 2.45) is 0 Å². The average molecular weight is 384 g/mol. The van der Waals surface area contributed by atoms with Crippen LogP contribution < -0.4 is 14.8 Å². The van der Waals surface area contributed by atoms with Crippen LogP contribution in [0, 0.1) is 0 Å². The van der Waals surface area contributed by atoms with Crippen LogP contribution in [0.25, 0.3) is 0 Å². The maximum atomic E-state index is 6.23. The van der Waals surface area contributed by atoms with Gasteiger partial charge in [0.25, 0.3) is 0 Å². The molecule has 0 saturated heterocycles. The summed E-state index contributed by atoms with van der Waals surface area (Å²) in [6.07, 6.45) is 0. The van der Waals surface area contributed by atoms with Gasteiger partial charge in [0, 0.05) is 28.2 Å². The third kappa shape index (κ3) is 6.77. The van der Waals surface area contributed by atoms with Crippen molar-refractivity contribution < 1.29 is 9.47 Å². The molecule has 2 rings (SSSR count). The van der Waals surface area contributed by atoms with E-state index in [0.29, 0.717) is 24.8 Å². The smallest absolute Gasteiger partial charge is 0.166 e. The summed E-state index contributed by atoms with van der Waals surface area (Å²) >= 11 is 6.23. The first-order valence-electron chi connectivity index (χ1n) is 8.26. The molecule has 0 aliphatic heterocycles. The summed E-state index contributed by atoms with van der Waals surface area (Å²) in [5, 5.41) is 4.20. The van der Waals surface area contributed by atoms with E-state index in [1.54, 1.807) is 0 Å². The maximum Gasteiger partial charge on any atom is 0.166 e. The van der Waals surface area contributed by atoms with Crippen molar-refractivity contribution in [3.8, 4) is 11.5 Å². The van der Waals surface area contributed by atoms with E-state index in [0.717, 1.165) is 22.6 Å². The predicted molar refractivity (Wildman–Crippen MR) is 107 cm³/mol. The van der Waals surface area contributed by atoms with Crippen LogP contribution in [-0.4, -0.2) is 12.1 Å². The molecular formula is C20H27Cl2NO2. The largest absolute Gasteiger partial charge is 0.490 e. The Bertz CT molecular complexity index is 669. The number of nitrogens with one attached hydrogen (secondary N) is 1. The average Bonchev–Trinajstić information content (AvgIpc) is 2.53. The molecule has 0 saturated carbocycles. The van der Waals surface area contributed by atoms with Crippen LogP contribution in [-0.2, 0) is 13.2 Å². The lowest BCUT2D eigenvalue weighted by Gasteiger charge is -2.22. The standard InChI is InChI=1S/C20H26ClNO2.ClH/c1-5-23-18-12-8-10-15(13-22-20(2,3)4)19(18)24-14-16-9-6-7-11-17(16)21;/h6-12,22H,5,13-14H2,1-4H3;1H. The van der Waals surface area contributed by atoms with E-state index in [9.17, 15) is 0 Å². The zero-order chi connectivity index (χ0) is 17.6. The molecule has 0 bridgehead atoms. The highest BCUT2D eigenvalue weighted by molar-refractivity contribution is 6.31. The lowest BCUT2D eigenvalue weighted by Crippen LogP contribution is -2.35. The van der Waals surface area contributed by atoms with Gasteiger partial charge in [0.05, 0.1) is 6.61 Å². The molecule has 25 heavy (non-hydrogen) atoms. The normalized spacial score (nSPS) is 10.9. The fraction of sp³-hybridized carbons (Fsp3) is 0.400. The van der Waals surface area contributed by atoms with Crippen LogP contribution in [0.5, 0.6) is 11.5 Å². The summed E-state index contributed by atoms with van der Waals surface area (Å²) in [6.45, 7) is 10.1. The first-order chi connectivity index (χ1) is 11.4. The van der Waals surface area contributed by atoms with Crippen LogP contribution in [0.2, 0.25) is 5.02 Å². The van der Waals surface area contributed by atoms with Gasteiger partial charge in [0.1, 0.15) is 6.61 Å². The third-order valence-electron chi connectivity index (χ3n) is 3.50. The van der Waals surface area contributed by atoms with E-state index >= 15 is 0 Å². The molecule has 0 amide bonds. The minimum absolute atomic E-state index is 0. The molecule has 5 heteroatoms. The minimum atomic E-state index is 0. The Morgan fingerprint density at radius 1 is 0.960 bits per heavy atom. The van der Waals surface area contributed by atoms with Crippen molar-refractivity contribution in [1.82, 2.24) is 5.32 Å². The topological polar surface area (TPSA) is 30.5 Å². The highest BCUT2D eigenvalue weighted by atomic mass is 35.5. The maximum absolute atomic E-state index is 6.23. The molecule has 138 valence electrons. The Morgan fingerprint density at radius 2 is 1.64 bits per heavy atom. The monoisotopic (exact) mass is 383 g/mol. The van der Waals surface area contributed by atoms with Gasteiger partial charge in [-0.2, -0.15) is 0 Å². The number of hydrogen-bond donors (Lipinski definition) is 1. The van der Waals surface area contributed by atoms with Gasteiger partial charge < -0.3 is 14.8 Å². The van der Waals surface area contributed by atoms with Gasteiger partial charge in [-0.15, -0.1) is 12.4 Å². The third-order valence-corrected chi connectivity index (χ3v) is 3.87. The van der Waals surface area contributed by atoms with Crippen molar-refractivity contribution in [2.45, 2.75) is 46.4 Å². The van der Waals surface area contributed by atoms with E-state index in [1.807, 2.05) is 43.3 Å². The second-order valence-corrected chi connectivity index (χ2v) is 7.07. The highest BCUT2D eigenvalue weighted by Crippen LogP contribution is 2.33. The molecule has 0 aliphatic rings. The number of rotatable bonds is 7. The molecule has 1 N–H and O–H groups in total. The lowest BCUT2D eigenvalue weighted by atomic mass is 10.1. The van der Waals surface area contributed by atoms with Gasteiger partial charge in [0.15, 0.2) is 11.5 Å². The van der Waals surface area contributed by atoms with Gasteiger partial charge in [-0.25, -0.2) is 0 Å². The van der Waals surface area contributed by atoms with E-state index in [1.165, 1.54) is 0 Å². The molecular weight excluding hydrogens is 357 g/mol. The van der Waals surface area contributed by atoms with Crippen LogP contribution in [0.3, 0.4) is 0 Å². The van der Waals surface area contributed by atoms with Crippen molar-refractivity contribution in [3.63, 3.8) is 0 Å². The van der Waals surface area contributed by atoms with E-state index in [4.69, 9.17) is 21.1 Å². The van der Waals surface area contributed by atoms with Gasteiger partial charge >= 0.3 is 0 Å². The number of para-hydroxylation sites is 1. The Labute approximate surface area is 162 Å². The van der Waals surface area contributed by atoms with Crippen molar-refractivity contribution in [3.05, 3.63) is 58.6 Å². The molecule has 0 aliphatic carbocycles. The summed E-state index contributed by atoms with van der Waals surface area (Å²) < 4.78 is 11.8. The zero-order valence-corrected chi connectivity index (χ0v) is 16.8. The zero-order valence-electron chi connectivity index (χ0n) is 15.3. The highest BCUT2D eigenvalue weighted by Gasteiger charge is 2.15. The Kier molecular flexibility index (Phi) is 8.57. The van der Waals surface area contributed by atoms with Gasteiger partial charge in [-0.1, -0.05) is 41.9 Å². The Hall–Kier alpha value is -1.42. The van der Waals surface area contributed by atoms with Crippen LogP contribution >= 0.6 is 24.0 Å². The molecule has 2 aromatic rings. The van der Waals surface area contributed by atoms with Gasteiger partial charge in [0.2, 0.25) is 0 Å². The summed E-state index contributed by atoms with van der Waals surface area (Å²) in [6, 6.07) is 13.7. The molecule has 0 spiro atoms. The predicted octanol–water partition coefficient (Wildman–Crippen LogP) is 5.63. The van der Waals surface area contributed by atoms with Crippen LogP contribution in [0.15, 0.2) is 42.5 Å². The number of halogens is 2.